The molecule has 0 unspecified atom stereocenters. The molecule has 5 heteroatoms. The van der Waals surface area contributed by atoms with Crippen LogP contribution in [0.5, 0.6) is 17.2 Å². The Balaban J connectivity index is 1.62. The van der Waals surface area contributed by atoms with E-state index in [2.05, 4.69) is 4.90 Å². The van der Waals surface area contributed by atoms with Gasteiger partial charge in [-0.3, -0.25) is 9.69 Å². The highest BCUT2D eigenvalue weighted by molar-refractivity contribution is 6.15. The molecule has 0 radical (unpaired) electrons. The fourth-order valence-electron chi connectivity index (χ4n) is 3.87. The van der Waals surface area contributed by atoms with Crippen LogP contribution in [0.25, 0.3) is 6.08 Å². The van der Waals surface area contributed by atoms with Gasteiger partial charge in [0.2, 0.25) is 5.78 Å². The zero-order valence-corrected chi connectivity index (χ0v) is 16.3. The number of piperidine rings is 1. The van der Waals surface area contributed by atoms with E-state index in [1.807, 2.05) is 24.3 Å². The molecule has 4 rings (SSSR count). The van der Waals surface area contributed by atoms with E-state index in [0.29, 0.717) is 23.4 Å². The summed E-state index contributed by atoms with van der Waals surface area (Å²) in [5.41, 5.74) is 2.80. The lowest BCUT2D eigenvalue weighted by atomic mass is 10.00. The predicted octanol–water partition coefficient (Wildman–Crippen LogP) is 4.31. The number of methoxy groups -OCH3 is 1. The maximum absolute atomic E-state index is 12.9. The summed E-state index contributed by atoms with van der Waals surface area (Å²) in [6.45, 7) is 4.52. The Morgan fingerprint density at radius 3 is 2.57 bits per heavy atom. The fraction of sp³-hybridized carbons (Fsp3) is 0.348. The van der Waals surface area contributed by atoms with Crippen molar-refractivity contribution in [3.8, 4) is 17.2 Å². The molecule has 2 aliphatic rings. The number of carbonyl (C=O) groups excluding carboxylic acids is 1. The molecule has 1 saturated heterocycles. The van der Waals surface area contributed by atoms with Gasteiger partial charge in [-0.2, -0.15) is 0 Å². The summed E-state index contributed by atoms with van der Waals surface area (Å²) in [5.74, 6) is 1.58. The van der Waals surface area contributed by atoms with E-state index in [9.17, 15) is 9.90 Å². The largest absolute Gasteiger partial charge is 0.507 e. The van der Waals surface area contributed by atoms with Gasteiger partial charge in [0.15, 0.2) is 5.76 Å². The molecule has 28 heavy (non-hydrogen) atoms. The van der Waals surface area contributed by atoms with Crippen molar-refractivity contribution in [2.24, 2.45) is 0 Å². The first-order chi connectivity index (χ1) is 13.6. The molecule has 1 N–H and O–H groups in total. The first-order valence-corrected chi connectivity index (χ1v) is 9.73. The lowest BCUT2D eigenvalue weighted by Gasteiger charge is -2.27. The highest BCUT2D eigenvalue weighted by Crippen LogP contribution is 2.41. The standard InChI is InChI=1S/C23H25NO4/c1-15-21(25)17(14-24-10-4-3-5-11-24)13-19-22(26)20(28-23(15)19)12-16-6-8-18(27-2)9-7-16/h6-9,12-13,25H,3-5,10-11,14H2,1-2H3. The number of phenolic OH excluding ortho intramolecular Hbond substituents is 1. The van der Waals surface area contributed by atoms with Crippen molar-refractivity contribution >= 4 is 11.9 Å². The average Bonchev–Trinajstić information content (AvgIpc) is 3.03. The molecular formula is C23H25NO4. The number of phenols is 1. The maximum Gasteiger partial charge on any atom is 0.231 e. The van der Waals surface area contributed by atoms with Crippen molar-refractivity contribution in [2.75, 3.05) is 20.2 Å². The van der Waals surface area contributed by atoms with Crippen molar-refractivity contribution in [2.45, 2.75) is 32.7 Å². The lowest BCUT2D eigenvalue weighted by molar-refractivity contribution is 0.101. The minimum Gasteiger partial charge on any atom is -0.507 e. The van der Waals surface area contributed by atoms with Crippen LogP contribution in [0, 0.1) is 6.92 Å². The van der Waals surface area contributed by atoms with Crippen LogP contribution >= 0.6 is 0 Å². The molecule has 2 aliphatic heterocycles. The number of carbonyl (C=O) groups is 1. The Bertz CT molecular complexity index is 925. The van der Waals surface area contributed by atoms with E-state index in [4.69, 9.17) is 9.47 Å². The number of benzene rings is 2. The van der Waals surface area contributed by atoms with Crippen LogP contribution in [0.4, 0.5) is 0 Å². The Morgan fingerprint density at radius 2 is 1.89 bits per heavy atom. The third kappa shape index (κ3) is 3.50. The van der Waals surface area contributed by atoms with Crippen molar-refractivity contribution in [3.63, 3.8) is 0 Å². The number of fused-ring (bicyclic) bond motifs is 1. The predicted molar refractivity (Wildman–Crippen MR) is 108 cm³/mol. The van der Waals surface area contributed by atoms with E-state index >= 15 is 0 Å². The summed E-state index contributed by atoms with van der Waals surface area (Å²) in [4.78, 5) is 15.3. The molecular weight excluding hydrogens is 354 g/mol. The Kier molecular flexibility index (Phi) is 5.09. The van der Waals surface area contributed by atoms with Gasteiger partial charge >= 0.3 is 0 Å². The smallest absolute Gasteiger partial charge is 0.231 e. The van der Waals surface area contributed by atoms with Crippen LogP contribution in [-0.2, 0) is 6.54 Å². The molecule has 1 fully saturated rings. The van der Waals surface area contributed by atoms with Crippen LogP contribution in [-0.4, -0.2) is 36.0 Å². The Labute approximate surface area is 165 Å². The molecule has 0 spiro atoms. The lowest BCUT2D eigenvalue weighted by Crippen LogP contribution is -2.29. The van der Waals surface area contributed by atoms with Gasteiger partial charge in [-0.1, -0.05) is 18.6 Å². The zero-order valence-electron chi connectivity index (χ0n) is 16.3. The van der Waals surface area contributed by atoms with Gasteiger partial charge in [-0.05, 0) is 62.7 Å². The second-order valence-corrected chi connectivity index (χ2v) is 7.44. The van der Waals surface area contributed by atoms with E-state index in [-0.39, 0.29) is 17.3 Å². The van der Waals surface area contributed by atoms with E-state index in [0.717, 1.165) is 30.0 Å². The number of hydrogen-bond donors (Lipinski definition) is 1. The van der Waals surface area contributed by atoms with Gasteiger partial charge in [0.1, 0.15) is 17.2 Å². The van der Waals surface area contributed by atoms with Crippen LogP contribution < -0.4 is 9.47 Å². The van der Waals surface area contributed by atoms with Gasteiger partial charge in [0.25, 0.3) is 0 Å². The van der Waals surface area contributed by atoms with Gasteiger partial charge in [0.05, 0.1) is 12.7 Å². The van der Waals surface area contributed by atoms with E-state index in [1.165, 1.54) is 19.3 Å². The van der Waals surface area contributed by atoms with Gasteiger partial charge in [0, 0.05) is 17.7 Å². The summed E-state index contributed by atoms with van der Waals surface area (Å²) in [6, 6.07) is 9.22. The highest BCUT2D eigenvalue weighted by Gasteiger charge is 2.31. The summed E-state index contributed by atoms with van der Waals surface area (Å²) in [5, 5.41) is 10.7. The molecule has 0 saturated carbocycles. The summed E-state index contributed by atoms with van der Waals surface area (Å²) < 4.78 is 11.0. The zero-order chi connectivity index (χ0) is 19.7. The minimum atomic E-state index is -0.145. The number of allylic oxidation sites excluding steroid dienone is 1. The second kappa shape index (κ2) is 7.68. The summed E-state index contributed by atoms with van der Waals surface area (Å²) >= 11 is 0. The van der Waals surface area contributed by atoms with Gasteiger partial charge in [-0.25, -0.2) is 0 Å². The SMILES string of the molecule is COc1ccc(C=C2Oc3c(cc(CN4CCCCC4)c(O)c3C)C2=O)cc1. The number of nitrogens with zero attached hydrogens (tertiary/aromatic N) is 1. The molecule has 2 heterocycles. The van der Waals surface area contributed by atoms with Crippen molar-refractivity contribution in [1.29, 1.82) is 0 Å². The van der Waals surface area contributed by atoms with Gasteiger partial charge < -0.3 is 14.6 Å². The summed E-state index contributed by atoms with van der Waals surface area (Å²) in [7, 11) is 1.62. The molecule has 0 aromatic heterocycles. The molecule has 146 valence electrons. The fourth-order valence-corrected chi connectivity index (χ4v) is 3.87. The number of ether oxygens (including phenoxy) is 2. The first kappa shape index (κ1) is 18.6. The number of ketones is 1. The Hall–Kier alpha value is -2.79. The molecule has 5 nitrogen and oxygen atoms in total. The number of Topliss-reactive ketones (excluding diaryl/α,β-unsaturated/α-hetero) is 1. The van der Waals surface area contributed by atoms with Crippen molar-refractivity contribution in [3.05, 3.63) is 58.3 Å². The third-order valence-electron chi connectivity index (χ3n) is 5.50. The number of rotatable bonds is 4. The summed E-state index contributed by atoms with van der Waals surface area (Å²) in [6.07, 6.45) is 5.35. The maximum atomic E-state index is 12.9. The quantitative estimate of drug-likeness (QED) is 0.802. The van der Waals surface area contributed by atoms with Crippen LogP contribution in [0.15, 0.2) is 36.1 Å². The van der Waals surface area contributed by atoms with Gasteiger partial charge in [-0.15, -0.1) is 0 Å². The first-order valence-electron chi connectivity index (χ1n) is 9.73. The van der Waals surface area contributed by atoms with E-state index in [1.54, 1.807) is 26.2 Å². The topological polar surface area (TPSA) is 59.0 Å². The van der Waals surface area contributed by atoms with Crippen LogP contribution in [0.2, 0.25) is 0 Å². The second-order valence-electron chi connectivity index (χ2n) is 7.44. The highest BCUT2D eigenvalue weighted by atomic mass is 16.5. The average molecular weight is 379 g/mol. The number of hydrogen-bond acceptors (Lipinski definition) is 5. The minimum absolute atomic E-state index is 0.145. The monoisotopic (exact) mass is 379 g/mol. The molecule has 0 aliphatic carbocycles. The van der Waals surface area contributed by atoms with E-state index < -0.39 is 0 Å². The number of likely N-dealkylation sites (tertiary alicyclic amines) is 1. The van der Waals surface area contributed by atoms with Crippen molar-refractivity contribution in [1.82, 2.24) is 4.90 Å². The van der Waals surface area contributed by atoms with Crippen LogP contribution in [0.1, 0.15) is 46.3 Å². The molecule has 2 aromatic carbocycles. The molecule has 0 bridgehead atoms. The normalized spacial score (nSPS) is 18.2. The Morgan fingerprint density at radius 1 is 1.18 bits per heavy atom. The van der Waals surface area contributed by atoms with Crippen molar-refractivity contribution < 1.29 is 19.4 Å². The third-order valence-corrected chi connectivity index (χ3v) is 5.50. The van der Waals surface area contributed by atoms with Crippen LogP contribution in [0.3, 0.4) is 0 Å². The molecule has 0 amide bonds. The molecule has 0 atom stereocenters. The number of aromatic hydroxyl groups is 1. The molecule has 2 aromatic rings.